The zero-order chi connectivity index (χ0) is 7.54. The average Bonchev–Trinajstić information content (AvgIpc) is 1.86. The fourth-order valence-electron chi connectivity index (χ4n) is 0.333. The Balaban J connectivity index is 0. The molecule has 0 radical (unpaired) electrons. The van der Waals surface area contributed by atoms with Crippen LogP contribution in [0.5, 0.6) is 0 Å². The van der Waals surface area contributed by atoms with Crippen molar-refractivity contribution >= 4 is 6.47 Å². The number of rotatable bonds is 2. The molecule has 0 aliphatic carbocycles. The van der Waals surface area contributed by atoms with Gasteiger partial charge in [0.15, 0.2) is 0 Å². The molecule has 1 N–H and O–H groups in total. The minimum atomic E-state index is -0.250. The number of allylic oxidation sites excluding steroid dienone is 2. The first kappa shape index (κ1) is 11.1. The molecular formula is C7H14O2. The van der Waals surface area contributed by atoms with Gasteiger partial charge in [-0.15, -0.1) is 0 Å². The van der Waals surface area contributed by atoms with Crippen LogP contribution in [0.3, 0.4) is 0 Å². The zero-order valence-electron chi connectivity index (χ0n) is 6.00. The van der Waals surface area contributed by atoms with E-state index in [4.69, 9.17) is 9.90 Å². The average molecular weight is 130 g/mol. The molecule has 0 saturated carbocycles. The molecular weight excluding hydrogens is 116 g/mol. The topological polar surface area (TPSA) is 37.3 Å². The summed E-state index contributed by atoms with van der Waals surface area (Å²) in [5.74, 6) is 0. The van der Waals surface area contributed by atoms with Gasteiger partial charge in [-0.25, -0.2) is 0 Å². The molecule has 0 aromatic heterocycles. The van der Waals surface area contributed by atoms with Crippen LogP contribution in [0.4, 0.5) is 0 Å². The Morgan fingerprint density at radius 2 is 1.44 bits per heavy atom. The second-order valence-electron chi connectivity index (χ2n) is 1.39. The molecule has 0 fully saturated rings. The predicted octanol–water partition coefficient (Wildman–Crippen LogP) is 2.06. The highest BCUT2D eigenvalue weighted by atomic mass is 16.3. The van der Waals surface area contributed by atoms with Crippen LogP contribution >= 0.6 is 0 Å². The molecule has 0 unspecified atom stereocenters. The van der Waals surface area contributed by atoms with Crippen LogP contribution in [0.1, 0.15) is 26.7 Å². The number of hydrogen-bond donors (Lipinski definition) is 1. The molecule has 2 nitrogen and oxygen atoms in total. The molecule has 54 valence electrons. The van der Waals surface area contributed by atoms with E-state index in [0.717, 1.165) is 0 Å². The van der Waals surface area contributed by atoms with Crippen LogP contribution in [-0.4, -0.2) is 11.6 Å². The highest BCUT2D eigenvalue weighted by molar-refractivity contribution is 5.32. The van der Waals surface area contributed by atoms with Gasteiger partial charge in [-0.1, -0.05) is 26.0 Å². The van der Waals surface area contributed by atoms with E-state index in [9.17, 15) is 0 Å². The van der Waals surface area contributed by atoms with Gasteiger partial charge >= 0.3 is 0 Å². The monoisotopic (exact) mass is 130 g/mol. The Bertz CT molecular complexity index is 61.3. The molecule has 0 aromatic carbocycles. The second kappa shape index (κ2) is 15.7. The van der Waals surface area contributed by atoms with E-state index in [1.165, 1.54) is 12.8 Å². The molecule has 0 amide bonds. The fraction of sp³-hybridized carbons (Fsp3) is 0.571. The highest BCUT2D eigenvalue weighted by Crippen LogP contribution is 1.81. The lowest BCUT2D eigenvalue weighted by Crippen LogP contribution is -1.51. The van der Waals surface area contributed by atoms with Gasteiger partial charge in [-0.2, -0.15) is 0 Å². The van der Waals surface area contributed by atoms with Crippen molar-refractivity contribution in [2.75, 3.05) is 0 Å². The third kappa shape index (κ3) is 40.1. The van der Waals surface area contributed by atoms with Gasteiger partial charge in [0.05, 0.1) is 0 Å². The first-order valence-electron chi connectivity index (χ1n) is 3.06. The van der Waals surface area contributed by atoms with Crippen LogP contribution in [0.25, 0.3) is 0 Å². The molecule has 9 heavy (non-hydrogen) atoms. The van der Waals surface area contributed by atoms with Crippen LogP contribution < -0.4 is 0 Å². The summed E-state index contributed by atoms with van der Waals surface area (Å²) in [5, 5.41) is 6.89. The second-order valence-corrected chi connectivity index (χ2v) is 1.39. The maximum Gasteiger partial charge on any atom is 0.290 e. The Morgan fingerprint density at radius 1 is 1.22 bits per heavy atom. The van der Waals surface area contributed by atoms with Crippen molar-refractivity contribution in [2.24, 2.45) is 0 Å². The number of carbonyl (C=O) groups is 1. The Hall–Kier alpha value is -0.790. The van der Waals surface area contributed by atoms with E-state index in [0.29, 0.717) is 0 Å². The minimum Gasteiger partial charge on any atom is -0.483 e. The molecule has 0 saturated heterocycles. The van der Waals surface area contributed by atoms with Gasteiger partial charge in [0.1, 0.15) is 0 Å². The largest absolute Gasteiger partial charge is 0.483 e. The summed E-state index contributed by atoms with van der Waals surface area (Å²) in [7, 11) is 0. The fourth-order valence-corrected chi connectivity index (χ4v) is 0.333. The SMILES string of the molecule is CC/C=C\CC.O=CO. The van der Waals surface area contributed by atoms with E-state index in [1.54, 1.807) is 0 Å². The quantitative estimate of drug-likeness (QED) is 0.459. The molecule has 0 heterocycles. The van der Waals surface area contributed by atoms with Crippen LogP contribution in [0, 0.1) is 0 Å². The van der Waals surface area contributed by atoms with Gasteiger partial charge in [-0.05, 0) is 12.8 Å². The zero-order valence-corrected chi connectivity index (χ0v) is 6.00. The lowest BCUT2D eigenvalue weighted by Gasteiger charge is -1.72. The summed E-state index contributed by atoms with van der Waals surface area (Å²) in [4.78, 5) is 8.36. The summed E-state index contributed by atoms with van der Waals surface area (Å²) in [6, 6.07) is 0. The first-order valence-corrected chi connectivity index (χ1v) is 3.06. The van der Waals surface area contributed by atoms with Crippen LogP contribution in [0.15, 0.2) is 12.2 Å². The summed E-state index contributed by atoms with van der Waals surface area (Å²) < 4.78 is 0. The lowest BCUT2D eigenvalue weighted by atomic mass is 10.4. The highest BCUT2D eigenvalue weighted by Gasteiger charge is 1.60. The van der Waals surface area contributed by atoms with Crippen molar-refractivity contribution < 1.29 is 9.90 Å². The molecule has 0 aliphatic rings. The lowest BCUT2D eigenvalue weighted by molar-refractivity contribution is -0.122. The molecule has 0 rings (SSSR count). The molecule has 0 atom stereocenters. The van der Waals surface area contributed by atoms with Crippen molar-refractivity contribution in [1.29, 1.82) is 0 Å². The molecule has 0 spiro atoms. The van der Waals surface area contributed by atoms with E-state index in [2.05, 4.69) is 26.0 Å². The normalized spacial score (nSPS) is 8.22. The van der Waals surface area contributed by atoms with Crippen molar-refractivity contribution in [1.82, 2.24) is 0 Å². The van der Waals surface area contributed by atoms with Gasteiger partial charge in [0.25, 0.3) is 6.47 Å². The van der Waals surface area contributed by atoms with Gasteiger partial charge < -0.3 is 5.11 Å². The van der Waals surface area contributed by atoms with Crippen molar-refractivity contribution in [3.05, 3.63) is 12.2 Å². The number of carboxylic acid groups (broad SMARTS) is 1. The molecule has 0 aliphatic heterocycles. The van der Waals surface area contributed by atoms with Gasteiger partial charge in [0, 0.05) is 0 Å². The Kier molecular flexibility index (Phi) is 19.3. The number of hydrogen-bond acceptors (Lipinski definition) is 1. The van der Waals surface area contributed by atoms with Crippen LogP contribution in [0.2, 0.25) is 0 Å². The summed E-state index contributed by atoms with van der Waals surface area (Å²) in [6.07, 6.45) is 6.71. The maximum absolute atomic E-state index is 8.36. The van der Waals surface area contributed by atoms with Gasteiger partial charge in [-0.3, -0.25) is 4.79 Å². The Morgan fingerprint density at radius 3 is 1.56 bits per heavy atom. The summed E-state index contributed by atoms with van der Waals surface area (Å²) in [6.45, 7) is 4.04. The molecule has 0 bridgehead atoms. The minimum absolute atomic E-state index is 0.250. The van der Waals surface area contributed by atoms with E-state index < -0.39 is 0 Å². The Labute approximate surface area is 56.2 Å². The van der Waals surface area contributed by atoms with Gasteiger partial charge in [0.2, 0.25) is 0 Å². The van der Waals surface area contributed by atoms with Crippen molar-refractivity contribution in [2.45, 2.75) is 26.7 Å². The van der Waals surface area contributed by atoms with Crippen LogP contribution in [-0.2, 0) is 4.79 Å². The van der Waals surface area contributed by atoms with Crippen molar-refractivity contribution in [3.8, 4) is 0 Å². The van der Waals surface area contributed by atoms with E-state index in [-0.39, 0.29) is 6.47 Å². The molecule has 0 aromatic rings. The summed E-state index contributed by atoms with van der Waals surface area (Å²) >= 11 is 0. The summed E-state index contributed by atoms with van der Waals surface area (Å²) in [5.41, 5.74) is 0. The van der Waals surface area contributed by atoms with Crippen molar-refractivity contribution in [3.63, 3.8) is 0 Å². The maximum atomic E-state index is 8.36. The third-order valence-electron chi connectivity index (χ3n) is 0.638. The smallest absolute Gasteiger partial charge is 0.290 e. The molecule has 2 heteroatoms. The van der Waals surface area contributed by atoms with E-state index >= 15 is 0 Å². The van der Waals surface area contributed by atoms with E-state index in [1.807, 2.05) is 0 Å². The standard InChI is InChI=1S/C6H12.CH2O2/c1-3-5-6-4-2;2-1-3/h5-6H,3-4H2,1-2H3;1H,(H,2,3)/b6-5-;. The first-order chi connectivity index (χ1) is 4.33. The third-order valence-corrected chi connectivity index (χ3v) is 0.638. The predicted molar refractivity (Wildman–Crippen MR) is 38.4 cm³/mol.